The fourth-order valence-electron chi connectivity index (χ4n) is 2.85. The molecule has 0 aliphatic heterocycles. The van der Waals surface area contributed by atoms with Gasteiger partial charge in [0, 0.05) is 22.9 Å². The zero-order chi connectivity index (χ0) is 20.6. The van der Waals surface area contributed by atoms with Gasteiger partial charge in [0.25, 0.3) is 0 Å². The van der Waals surface area contributed by atoms with Crippen LogP contribution in [0.4, 0.5) is 16.2 Å². The number of aryl methyl sites for hydroxylation is 1. The molecule has 3 N–H and O–H groups in total. The van der Waals surface area contributed by atoms with E-state index in [1.165, 1.54) is 0 Å². The van der Waals surface area contributed by atoms with Crippen molar-refractivity contribution in [1.29, 1.82) is 0 Å². The molecule has 0 fully saturated rings. The molecule has 0 aromatic heterocycles. The van der Waals surface area contributed by atoms with Gasteiger partial charge < -0.3 is 16.0 Å². The quantitative estimate of drug-likeness (QED) is 0.528. The van der Waals surface area contributed by atoms with E-state index in [2.05, 4.69) is 16.0 Å². The van der Waals surface area contributed by atoms with Crippen molar-refractivity contribution >= 4 is 34.9 Å². The van der Waals surface area contributed by atoms with Gasteiger partial charge in [-0.05, 0) is 53.9 Å². The summed E-state index contributed by atoms with van der Waals surface area (Å²) in [5.41, 5.74) is 4.11. The topological polar surface area (TPSA) is 70.2 Å². The van der Waals surface area contributed by atoms with Crippen LogP contribution >= 0.6 is 11.6 Å². The van der Waals surface area contributed by atoms with Crippen molar-refractivity contribution < 1.29 is 9.59 Å². The Morgan fingerprint density at radius 2 is 1.55 bits per heavy atom. The number of carbonyl (C=O) groups excluding carboxylic acids is 2. The van der Waals surface area contributed by atoms with E-state index >= 15 is 0 Å². The number of amides is 3. The third kappa shape index (κ3) is 6.36. The molecule has 0 aliphatic rings. The van der Waals surface area contributed by atoms with Crippen molar-refractivity contribution in [2.45, 2.75) is 19.9 Å². The van der Waals surface area contributed by atoms with Crippen LogP contribution in [-0.2, 0) is 17.8 Å². The van der Waals surface area contributed by atoms with Crippen LogP contribution in [0.2, 0.25) is 5.02 Å². The maximum atomic E-state index is 12.2. The number of urea groups is 1. The third-order valence-corrected chi connectivity index (χ3v) is 4.63. The van der Waals surface area contributed by atoms with E-state index in [4.69, 9.17) is 11.6 Å². The maximum Gasteiger partial charge on any atom is 0.323 e. The molecule has 0 unspecified atom stereocenters. The average Bonchev–Trinajstić information content (AvgIpc) is 2.68. The summed E-state index contributed by atoms with van der Waals surface area (Å²) >= 11 is 6.10. The Bertz CT molecular complexity index is 1020. The molecule has 0 saturated carbocycles. The molecule has 29 heavy (non-hydrogen) atoms. The number of hydrogen-bond acceptors (Lipinski definition) is 2. The lowest BCUT2D eigenvalue weighted by Crippen LogP contribution is -2.25. The van der Waals surface area contributed by atoms with Crippen LogP contribution in [0.5, 0.6) is 0 Å². The van der Waals surface area contributed by atoms with Crippen LogP contribution in [0.25, 0.3) is 0 Å². The van der Waals surface area contributed by atoms with Crippen LogP contribution in [0, 0.1) is 6.92 Å². The predicted octanol–water partition coefficient (Wildman–Crippen LogP) is 5.15. The lowest BCUT2D eigenvalue weighted by molar-refractivity contribution is -0.120. The number of benzene rings is 3. The second kappa shape index (κ2) is 9.75. The number of nitrogens with one attached hydrogen (secondary N) is 3. The van der Waals surface area contributed by atoms with Crippen LogP contribution in [-0.4, -0.2) is 11.9 Å². The van der Waals surface area contributed by atoms with Crippen molar-refractivity contribution in [3.63, 3.8) is 0 Å². The molecule has 0 saturated heterocycles. The van der Waals surface area contributed by atoms with Gasteiger partial charge in [-0.2, -0.15) is 0 Å². The van der Waals surface area contributed by atoms with E-state index in [-0.39, 0.29) is 18.4 Å². The second-order valence-corrected chi connectivity index (χ2v) is 7.10. The molecule has 3 aromatic carbocycles. The lowest BCUT2D eigenvalue weighted by atomic mass is 10.1. The molecule has 0 aliphatic carbocycles. The van der Waals surface area contributed by atoms with Gasteiger partial charge in [0.2, 0.25) is 5.91 Å². The first-order valence-corrected chi connectivity index (χ1v) is 9.61. The fraction of sp³-hybridized carbons (Fsp3) is 0.130. The highest BCUT2D eigenvalue weighted by Crippen LogP contribution is 2.16. The van der Waals surface area contributed by atoms with Gasteiger partial charge in [-0.3, -0.25) is 4.79 Å². The van der Waals surface area contributed by atoms with Crippen LogP contribution in [0.15, 0.2) is 72.8 Å². The van der Waals surface area contributed by atoms with E-state index in [9.17, 15) is 9.59 Å². The van der Waals surface area contributed by atoms with E-state index in [0.29, 0.717) is 17.3 Å². The van der Waals surface area contributed by atoms with Crippen molar-refractivity contribution in [3.05, 3.63) is 94.5 Å². The van der Waals surface area contributed by atoms with Gasteiger partial charge in [0.1, 0.15) is 0 Å². The number of halogens is 1. The minimum atomic E-state index is -0.324. The van der Waals surface area contributed by atoms with E-state index < -0.39 is 0 Å². The minimum Gasteiger partial charge on any atom is -0.352 e. The molecule has 0 spiro atoms. The summed E-state index contributed by atoms with van der Waals surface area (Å²) in [5, 5.41) is 9.06. The summed E-state index contributed by atoms with van der Waals surface area (Å²) in [6.07, 6.45) is 0.219. The van der Waals surface area contributed by atoms with E-state index in [0.717, 1.165) is 22.4 Å². The van der Waals surface area contributed by atoms with Crippen molar-refractivity contribution in [1.82, 2.24) is 5.32 Å². The first kappa shape index (κ1) is 20.4. The lowest BCUT2D eigenvalue weighted by Gasteiger charge is -2.10. The van der Waals surface area contributed by atoms with Gasteiger partial charge in [0.15, 0.2) is 0 Å². The Labute approximate surface area is 175 Å². The van der Waals surface area contributed by atoms with Gasteiger partial charge >= 0.3 is 6.03 Å². The highest BCUT2D eigenvalue weighted by molar-refractivity contribution is 6.31. The zero-order valence-corrected chi connectivity index (χ0v) is 16.8. The summed E-state index contributed by atoms with van der Waals surface area (Å²) in [4.78, 5) is 24.4. The average molecular weight is 408 g/mol. The largest absolute Gasteiger partial charge is 0.352 e. The normalized spacial score (nSPS) is 10.3. The highest BCUT2D eigenvalue weighted by atomic mass is 35.5. The van der Waals surface area contributed by atoms with Gasteiger partial charge in [-0.1, -0.05) is 54.1 Å². The van der Waals surface area contributed by atoms with Gasteiger partial charge in [-0.15, -0.1) is 0 Å². The predicted molar refractivity (Wildman–Crippen MR) is 117 cm³/mol. The molecule has 0 heterocycles. The number of carbonyl (C=O) groups is 2. The molecule has 0 radical (unpaired) electrons. The van der Waals surface area contributed by atoms with E-state index in [1.54, 1.807) is 12.1 Å². The van der Waals surface area contributed by atoms with E-state index in [1.807, 2.05) is 67.6 Å². The summed E-state index contributed by atoms with van der Waals surface area (Å²) in [6, 6.07) is 21.9. The summed E-state index contributed by atoms with van der Waals surface area (Å²) in [6.45, 7) is 2.32. The molecule has 0 atom stereocenters. The smallest absolute Gasteiger partial charge is 0.323 e. The Balaban J connectivity index is 1.53. The molecule has 5 nitrogen and oxygen atoms in total. The monoisotopic (exact) mass is 407 g/mol. The first-order valence-electron chi connectivity index (χ1n) is 9.23. The molecule has 6 heteroatoms. The first-order chi connectivity index (χ1) is 14.0. The summed E-state index contributed by atoms with van der Waals surface area (Å²) in [5.74, 6) is -0.117. The van der Waals surface area contributed by atoms with Crippen molar-refractivity contribution in [3.8, 4) is 0 Å². The highest BCUT2D eigenvalue weighted by Gasteiger charge is 2.07. The molecular weight excluding hydrogens is 386 g/mol. The zero-order valence-electron chi connectivity index (χ0n) is 16.0. The summed E-state index contributed by atoms with van der Waals surface area (Å²) in [7, 11) is 0. The van der Waals surface area contributed by atoms with Crippen molar-refractivity contribution in [2.24, 2.45) is 0 Å². The minimum absolute atomic E-state index is 0.117. The third-order valence-electron chi connectivity index (χ3n) is 4.26. The van der Waals surface area contributed by atoms with Gasteiger partial charge in [-0.25, -0.2) is 4.79 Å². The molecular formula is C23H22ClN3O2. The second-order valence-electron chi connectivity index (χ2n) is 6.69. The molecule has 3 aromatic rings. The van der Waals surface area contributed by atoms with Gasteiger partial charge in [0.05, 0.1) is 6.42 Å². The molecule has 3 rings (SSSR count). The number of hydrogen-bond donors (Lipinski definition) is 3. The number of anilines is 2. The maximum absolute atomic E-state index is 12.2. The molecule has 0 bridgehead atoms. The Morgan fingerprint density at radius 3 is 2.28 bits per heavy atom. The fourth-order valence-corrected chi connectivity index (χ4v) is 3.06. The van der Waals surface area contributed by atoms with Crippen molar-refractivity contribution in [2.75, 3.05) is 10.6 Å². The molecule has 3 amide bonds. The Kier molecular flexibility index (Phi) is 6.87. The Morgan fingerprint density at radius 1 is 0.862 bits per heavy atom. The van der Waals surface area contributed by atoms with Crippen LogP contribution in [0.1, 0.15) is 16.7 Å². The Hall–Kier alpha value is -3.31. The standard InChI is InChI=1S/C23H22ClN3O2/c1-16-6-4-9-19(12-16)26-23(29)27-20-10-5-7-17(13-20)15-25-22(28)14-18-8-2-3-11-21(18)24/h2-13H,14-15H2,1H3,(H,25,28)(H2,26,27,29). The number of rotatable bonds is 6. The molecule has 148 valence electrons. The van der Waals surface area contributed by atoms with Crippen LogP contribution in [0.3, 0.4) is 0 Å². The van der Waals surface area contributed by atoms with Crippen LogP contribution < -0.4 is 16.0 Å². The SMILES string of the molecule is Cc1cccc(NC(=O)Nc2cccc(CNC(=O)Cc3ccccc3Cl)c2)c1. The summed E-state index contributed by atoms with van der Waals surface area (Å²) < 4.78 is 0.